The Kier molecular flexibility index (Phi) is 6.53. The van der Waals surface area contributed by atoms with Gasteiger partial charge >= 0.3 is 6.03 Å². The molecule has 0 bridgehead atoms. The summed E-state index contributed by atoms with van der Waals surface area (Å²) in [6, 6.07) is 8.41. The Balaban J connectivity index is 1.43. The van der Waals surface area contributed by atoms with Crippen molar-refractivity contribution >= 4 is 17.6 Å². The van der Waals surface area contributed by atoms with Crippen LogP contribution in [0.4, 0.5) is 10.5 Å². The molecule has 1 aromatic carbocycles. The largest absolute Gasteiger partial charge is 0.335 e. The topological polar surface area (TPSA) is 61.4 Å². The number of amides is 3. The lowest BCUT2D eigenvalue weighted by atomic mass is 9.95. The van der Waals surface area contributed by atoms with Gasteiger partial charge in [0, 0.05) is 30.7 Å². The summed E-state index contributed by atoms with van der Waals surface area (Å²) in [5, 5.41) is 6.18. The summed E-state index contributed by atoms with van der Waals surface area (Å²) in [6.45, 7) is 3.43. The number of carbonyl (C=O) groups is 2. The van der Waals surface area contributed by atoms with E-state index in [2.05, 4.69) is 17.6 Å². The lowest BCUT2D eigenvalue weighted by Gasteiger charge is -2.33. The van der Waals surface area contributed by atoms with Crippen molar-refractivity contribution in [2.24, 2.45) is 5.92 Å². The average Bonchev–Trinajstić information content (AvgIpc) is 2.69. The lowest BCUT2D eigenvalue weighted by Crippen LogP contribution is -2.49. The SMILES string of the molecule is CCc1ccc(NC(=O)C2CCN(C(=O)NC3CCCCC3)CC2)cc1. The Morgan fingerprint density at radius 1 is 1.00 bits per heavy atom. The smallest absolute Gasteiger partial charge is 0.317 e. The van der Waals surface area contributed by atoms with Crippen molar-refractivity contribution < 1.29 is 9.59 Å². The average molecular weight is 357 g/mol. The van der Waals surface area contributed by atoms with E-state index in [1.807, 2.05) is 29.2 Å². The van der Waals surface area contributed by atoms with Gasteiger partial charge in [0.15, 0.2) is 0 Å². The van der Waals surface area contributed by atoms with Gasteiger partial charge in [0.05, 0.1) is 0 Å². The third kappa shape index (κ3) is 4.99. The van der Waals surface area contributed by atoms with Gasteiger partial charge in [-0.25, -0.2) is 4.79 Å². The molecule has 1 aliphatic carbocycles. The number of nitrogens with one attached hydrogen (secondary N) is 2. The second-order valence-corrected chi connectivity index (χ2v) is 7.59. The zero-order valence-electron chi connectivity index (χ0n) is 15.8. The van der Waals surface area contributed by atoms with Crippen LogP contribution in [0.2, 0.25) is 0 Å². The molecule has 2 fully saturated rings. The van der Waals surface area contributed by atoms with E-state index in [0.29, 0.717) is 19.1 Å². The van der Waals surface area contributed by atoms with Crippen molar-refractivity contribution in [3.05, 3.63) is 29.8 Å². The number of piperidine rings is 1. The number of nitrogens with zero attached hydrogens (tertiary/aromatic N) is 1. The predicted molar refractivity (Wildman–Crippen MR) is 104 cm³/mol. The standard InChI is InChI=1S/C21H31N3O2/c1-2-16-8-10-19(11-9-16)22-20(25)17-12-14-24(15-13-17)21(26)23-18-6-4-3-5-7-18/h8-11,17-18H,2-7,12-15H2,1H3,(H,22,25)(H,23,26). The van der Waals surface area contributed by atoms with Crippen molar-refractivity contribution in [3.63, 3.8) is 0 Å². The van der Waals surface area contributed by atoms with Crippen LogP contribution in [0, 0.1) is 5.92 Å². The summed E-state index contributed by atoms with van der Waals surface area (Å²) in [4.78, 5) is 26.8. The van der Waals surface area contributed by atoms with Crippen LogP contribution in [0.15, 0.2) is 24.3 Å². The van der Waals surface area contributed by atoms with Crippen molar-refractivity contribution in [2.75, 3.05) is 18.4 Å². The molecule has 5 heteroatoms. The summed E-state index contributed by atoms with van der Waals surface area (Å²) in [6.07, 6.45) is 8.37. The van der Waals surface area contributed by atoms with E-state index in [4.69, 9.17) is 0 Å². The fourth-order valence-corrected chi connectivity index (χ4v) is 3.93. The van der Waals surface area contributed by atoms with Crippen molar-refractivity contribution in [1.29, 1.82) is 0 Å². The van der Waals surface area contributed by atoms with Gasteiger partial charge in [0.1, 0.15) is 0 Å². The lowest BCUT2D eigenvalue weighted by molar-refractivity contribution is -0.121. The molecular formula is C21H31N3O2. The third-order valence-corrected chi connectivity index (χ3v) is 5.72. The van der Waals surface area contributed by atoms with E-state index in [1.165, 1.54) is 24.8 Å². The number of anilines is 1. The van der Waals surface area contributed by atoms with Crippen molar-refractivity contribution in [1.82, 2.24) is 10.2 Å². The molecule has 1 aliphatic heterocycles. The normalized spacial score (nSPS) is 19.2. The first-order chi connectivity index (χ1) is 12.7. The van der Waals surface area contributed by atoms with Crippen molar-refractivity contribution in [3.8, 4) is 0 Å². The number of aryl methyl sites for hydroxylation is 1. The van der Waals surface area contributed by atoms with Crippen LogP contribution in [0.3, 0.4) is 0 Å². The summed E-state index contributed by atoms with van der Waals surface area (Å²) in [5.41, 5.74) is 2.12. The molecule has 3 amide bonds. The molecule has 26 heavy (non-hydrogen) atoms. The molecule has 2 N–H and O–H groups in total. The Morgan fingerprint density at radius 3 is 2.27 bits per heavy atom. The highest BCUT2D eigenvalue weighted by molar-refractivity contribution is 5.92. The van der Waals surface area contributed by atoms with Crippen LogP contribution >= 0.6 is 0 Å². The maximum Gasteiger partial charge on any atom is 0.317 e. The molecule has 142 valence electrons. The zero-order chi connectivity index (χ0) is 18.4. The molecule has 0 radical (unpaired) electrons. The molecule has 0 spiro atoms. The quantitative estimate of drug-likeness (QED) is 0.857. The van der Waals surface area contributed by atoms with Gasteiger partial charge < -0.3 is 15.5 Å². The number of likely N-dealkylation sites (tertiary alicyclic amines) is 1. The monoisotopic (exact) mass is 357 g/mol. The van der Waals surface area contributed by atoms with Crippen LogP contribution in [0.1, 0.15) is 57.4 Å². The fraction of sp³-hybridized carbons (Fsp3) is 0.619. The molecule has 1 saturated heterocycles. The summed E-state index contributed by atoms with van der Waals surface area (Å²) >= 11 is 0. The van der Waals surface area contributed by atoms with Gasteiger partial charge in [0.25, 0.3) is 0 Å². The van der Waals surface area contributed by atoms with Crippen LogP contribution in [-0.2, 0) is 11.2 Å². The molecule has 1 heterocycles. The second-order valence-electron chi connectivity index (χ2n) is 7.59. The number of urea groups is 1. The Morgan fingerprint density at radius 2 is 1.65 bits per heavy atom. The maximum atomic E-state index is 12.5. The number of hydrogen-bond acceptors (Lipinski definition) is 2. The van der Waals surface area contributed by atoms with Gasteiger partial charge in [-0.3, -0.25) is 4.79 Å². The molecular weight excluding hydrogens is 326 g/mol. The van der Waals surface area contributed by atoms with Crippen LogP contribution < -0.4 is 10.6 Å². The van der Waals surface area contributed by atoms with Gasteiger partial charge in [-0.2, -0.15) is 0 Å². The summed E-state index contributed by atoms with van der Waals surface area (Å²) < 4.78 is 0. The van der Waals surface area contributed by atoms with Gasteiger partial charge in [-0.1, -0.05) is 38.3 Å². The first-order valence-electron chi connectivity index (χ1n) is 10.1. The van der Waals surface area contributed by atoms with Gasteiger partial charge in [-0.05, 0) is 49.8 Å². The van der Waals surface area contributed by atoms with E-state index in [9.17, 15) is 9.59 Å². The van der Waals surface area contributed by atoms with Crippen LogP contribution in [0.5, 0.6) is 0 Å². The minimum Gasteiger partial charge on any atom is -0.335 e. The molecule has 2 aliphatic rings. The first kappa shape index (κ1) is 18.7. The molecule has 0 atom stereocenters. The van der Waals surface area contributed by atoms with E-state index < -0.39 is 0 Å². The highest BCUT2D eigenvalue weighted by Gasteiger charge is 2.28. The minimum atomic E-state index is -0.0143. The van der Waals surface area contributed by atoms with Gasteiger partial charge in [-0.15, -0.1) is 0 Å². The summed E-state index contributed by atoms with van der Waals surface area (Å²) in [7, 11) is 0. The molecule has 1 aromatic rings. The van der Waals surface area contributed by atoms with Crippen LogP contribution in [-0.4, -0.2) is 36.0 Å². The predicted octanol–water partition coefficient (Wildman–Crippen LogP) is 3.94. The number of benzene rings is 1. The Bertz CT molecular complexity index is 600. The molecule has 5 nitrogen and oxygen atoms in total. The van der Waals surface area contributed by atoms with Crippen LogP contribution in [0.25, 0.3) is 0 Å². The Labute approximate surface area is 156 Å². The summed E-state index contributed by atoms with van der Waals surface area (Å²) in [5.74, 6) is 0.0566. The number of carbonyl (C=O) groups excluding carboxylic acids is 2. The first-order valence-corrected chi connectivity index (χ1v) is 10.1. The third-order valence-electron chi connectivity index (χ3n) is 5.72. The van der Waals surface area contributed by atoms with Crippen molar-refractivity contribution in [2.45, 2.75) is 64.3 Å². The highest BCUT2D eigenvalue weighted by Crippen LogP contribution is 2.21. The van der Waals surface area contributed by atoms with E-state index in [0.717, 1.165) is 37.8 Å². The molecule has 0 unspecified atom stereocenters. The molecule has 0 aromatic heterocycles. The highest BCUT2D eigenvalue weighted by atomic mass is 16.2. The molecule has 1 saturated carbocycles. The minimum absolute atomic E-state index is 0.0143. The Hall–Kier alpha value is -2.04. The number of hydrogen-bond donors (Lipinski definition) is 2. The second kappa shape index (κ2) is 9.06. The zero-order valence-corrected chi connectivity index (χ0v) is 15.8. The molecule has 3 rings (SSSR count). The fourth-order valence-electron chi connectivity index (χ4n) is 3.93. The maximum absolute atomic E-state index is 12.5. The van der Waals surface area contributed by atoms with E-state index >= 15 is 0 Å². The number of rotatable bonds is 4. The van der Waals surface area contributed by atoms with E-state index in [1.54, 1.807) is 0 Å². The van der Waals surface area contributed by atoms with Gasteiger partial charge in [0.2, 0.25) is 5.91 Å². The van der Waals surface area contributed by atoms with E-state index in [-0.39, 0.29) is 17.9 Å².